The second-order valence-corrected chi connectivity index (χ2v) is 5.54. The Balaban J connectivity index is 1.88. The van der Waals surface area contributed by atoms with Gasteiger partial charge in [0.15, 0.2) is 18.1 Å². The van der Waals surface area contributed by atoms with E-state index < -0.39 is 5.91 Å². The number of methoxy groups -OCH3 is 1. The molecule has 0 bridgehead atoms. The van der Waals surface area contributed by atoms with Gasteiger partial charge in [0.1, 0.15) is 11.5 Å². The Kier molecular flexibility index (Phi) is 6.02. The number of ether oxygens (including phenoxy) is 2. The first kappa shape index (κ1) is 17.6. The lowest BCUT2D eigenvalue weighted by Crippen LogP contribution is -2.24. The van der Waals surface area contributed by atoms with Gasteiger partial charge in [-0.2, -0.15) is 5.10 Å². The van der Waals surface area contributed by atoms with Gasteiger partial charge in [-0.15, -0.1) is 0 Å². The molecule has 0 heterocycles. The minimum absolute atomic E-state index is 0.0643. The van der Waals surface area contributed by atoms with Crippen LogP contribution in [0.1, 0.15) is 5.56 Å². The number of hydrogen-bond donors (Lipinski definition) is 3. The molecule has 0 fully saturated rings. The van der Waals surface area contributed by atoms with Crippen LogP contribution in [0, 0.1) is 0 Å². The Morgan fingerprint density at radius 1 is 1.25 bits per heavy atom. The van der Waals surface area contributed by atoms with Crippen LogP contribution in [0.5, 0.6) is 23.0 Å². The largest absolute Gasteiger partial charge is 0.508 e. The first-order valence-electron chi connectivity index (χ1n) is 6.80. The molecule has 126 valence electrons. The van der Waals surface area contributed by atoms with E-state index >= 15 is 0 Å². The summed E-state index contributed by atoms with van der Waals surface area (Å²) in [6.45, 7) is -0.253. The molecule has 0 radical (unpaired) electrons. The van der Waals surface area contributed by atoms with Gasteiger partial charge in [-0.25, -0.2) is 5.43 Å². The van der Waals surface area contributed by atoms with E-state index in [1.807, 2.05) is 0 Å². The van der Waals surface area contributed by atoms with E-state index in [1.54, 1.807) is 18.2 Å². The van der Waals surface area contributed by atoms with Crippen molar-refractivity contribution in [3.63, 3.8) is 0 Å². The molecule has 2 aromatic rings. The SMILES string of the molecule is COc1cc(Br)ccc1OCC(=O)N/N=C\c1ccc(O)cc1O. The van der Waals surface area contributed by atoms with Crippen LogP contribution in [0.2, 0.25) is 0 Å². The maximum Gasteiger partial charge on any atom is 0.277 e. The number of nitrogens with zero attached hydrogens (tertiary/aromatic N) is 1. The number of hydrazone groups is 1. The second kappa shape index (κ2) is 8.21. The molecule has 3 N–H and O–H groups in total. The van der Waals surface area contributed by atoms with Crippen molar-refractivity contribution in [3.8, 4) is 23.0 Å². The summed E-state index contributed by atoms with van der Waals surface area (Å²) in [4.78, 5) is 11.7. The molecule has 1 amide bonds. The van der Waals surface area contributed by atoms with E-state index in [-0.39, 0.29) is 18.1 Å². The van der Waals surface area contributed by atoms with E-state index in [0.29, 0.717) is 17.1 Å². The fourth-order valence-electron chi connectivity index (χ4n) is 1.75. The zero-order chi connectivity index (χ0) is 17.5. The predicted octanol–water partition coefficient (Wildman–Crippen LogP) is 2.40. The van der Waals surface area contributed by atoms with Crippen LogP contribution in [0.4, 0.5) is 0 Å². The normalized spacial score (nSPS) is 10.6. The smallest absolute Gasteiger partial charge is 0.277 e. The van der Waals surface area contributed by atoms with Crippen LogP contribution < -0.4 is 14.9 Å². The number of nitrogens with one attached hydrogen (secondary N) is 1. The molecule has 24 heavy (non-hydrogen) atoms. The highest BCUT2D eigenvalue weighted by atomic mass is 79.9. The summed E-state index contributed by atoms with van der Waals surface area (Å²) in [7, 11) is 1.50. The monoisotopic (exact) mass is 394 g/mol. The van der Waals surface area contributed by atoms with Gasteiger partial charge in [0.05, 0.1) is 13.3 Å². The molecule has 8 heteroatoms. The van der Waals surface area contributed by atoms with Gasteiger partial charge < -0.3 is 19.7 Å². The van der Waals surface area contributed by atoms with E-state index in [4.69, 9.17) is 9.47 Å². The lowest BCUT2D eigenvalue weighted by atomic mass is 10.2. The number of aromatic hydroxyl groups is 2. The Morgan fingerprint density at radius 2 is 2.04 bits per heavy atom. The molecule has 0 atom stereocenters. The van der Waals surface area contributed by atoms with Crippen molar-refractivity contribution in [2.75, 3.05) is 13.7 Å². The topological polar surface area (TPSA) is 100 Å². The van der Waals surface area contributed by atoms with Crippen molar-refractivity contribution in [1.82, 2.24) is 5.43 Å². The van der Waals surface area contributed by atoms with Gasteiger partial charge in [0, 0.05) is 16.1 Å². The highest BCUT2D eigenvalue weighted by molar-refractivity contribution is 9.10. The number of phenols is 2. The number of amides is 1. The van der Waals surface area contributed by atoms with Crippen molar-refractivity contribution in [3.05, 3.63) is 46.4 Å². The average molecular weight is 395 g/mol. The minimum atomic E-state index is -0.477. The summed E-state index contributed by atoms with van der Waals surface area (Å²) in [6.07, 6.45) is 1.26. The van der Waals surface area contributed by atoms with Gasteiger partial charge in [-0.05, 0) is 30.3 Å². The molecule has 7 nitrogen and oxygen atoms in total. The van der Waals surface area contributed by atoms with Crippen LogP contribution in [0.25, 0.3) is 0 Å². The molecule has 0 spiro atoms. The maximum absolute atomic E-state index is 11.7. The van der Waals surface area contributed by atoms with Crippen molar-refractivity contribution >= 4 is 28.1 Å². The molecule has 0 aliphatic rings. The highest BCUT2D eigenvalue weighted by Gasteiger charge is 2.07. The third-order valence-corrected chi connectivity index (χ3v) is 3.38. The molecule has 0 saturated carbocycles. The predicted molar refractivity (Wildman–Crippen MR) is 91.7 cm³/mol. The summed E-state index contributed by atoms with van der Waals surface area (Å²) >= 11 is 3.31. The minimum Gasteiger partial charge on any atom is -0.508 e. The number of phenolic OH excluding ortho intramolecular Hbond substituents is 2. The van der Waals surface area contributed by atoms with Crippen LogP contribution in [-0.2, 0) is 4.79 Å². The summed E-state index contributed by atoms with van der Waals surface area (Å²) in [5.41, 5.74) is 2.62. The Morgan fingerprint density at radius 3 is 2.75 bits per heavy atom. The van der Waals surface area contributed by atoms with E-state index in [2.05, 4.69) is 26.5 Å². The number of carbonyl (C=O) groups is 1. The van der Waals surface area contributed by atoms with Crippen molar-refractivity contribution < 1.29 is 24.5 Å². The first-order chi connectivity index (χ1) is 11.5. The van der Waals surface area contributed by atoms with Gasteiger partial charge >= 0.3 is 0 Å². The second-order valence-electron chi connectivity index (χ2n) is 4.62. The highest BCUT2D eigenvalue weighted by Crippen LogP contribution is 2.30. The molecular weight excluding hydrogens is 380 g/mol. The van der Waals surface area contributed by atoms with Crippen molar-refractivity contribution in [2.45, 2.75) is 0 Å². The van der Waals surface area contributed by atoms with E-state index in [9.17, 15) is 15.0 Å². The van der Waals surface area contributed by atoms with Gasteiger partial charge in [0.2, 0.25) is 0 Å². The van der Waals surface area contributed by atoms with Gasteiger partial charge in [-0.3, -0.25) is 4.79 Å². The quantitative estimate of drug-likeness (QED) is 0.515. The fraction of sp³-hybridized carbons (Fsp3) is 0.125. The molecule has 0 aliphatic carbocycles. The van der Waals surface area contributed by atoms with Crippen LogP contribution in [-0.4, -0.2) is 36.1 Å². The molecule has 0 unspecified atom stereocenters. The molecule has 0 aliphatic heterocycles. The zero-order valence-corrected chi connectivity index (χ0v) is 14.3. The van der Waals surface area contributed by atoms with Crippen LogP contribution in [0.3, 0.4) is 0 Å². The van der Waals surface area contributed by atoms with Crippen LogP contribution >= 0.6 is 15.9 Å². The summed E-state index contributed by atoms with van der Waals surface area (Å²) in [5, 5.41) is 22.5. The lowest BCUT2D eigenvalue weighted by molar-refractivity contribution is -0.123. The molecule has 2 rings (SSSR count). The number of benzene rings is 2. The third-order valence-electron chi connectivity index (χ3n) is 2.89. The third kappa shape index (κ3) is 4.88. The van der Waals surface area contributed by atoms with Gasteiger partial charge in [-0.1, -0.05) is 15.9 Å². The summed E-state index contributed by atoms with van der Waals surface area (Å²) < 4.78 is 11.4. The zero-order valence-electron chi connectivity index (χ0n) is 12.7. The van der Waals surface area contributed by atoms with E-state index in [0.717, 1.165) is 4.47 Å². The van der Waals surface area contributed by atoms with Crippen LogP contribution in [0.15, 0.2) is 46.0 Å². The summed E-state index contributed by atoms with van der Waals surface area (Å²) in [6, 6.07) is 9.19. The summed E-state index contributed by atoms with van der Waals surface area (Å²) in [5.74, 6) is 0.231. The number of hydrogen-bond acceptors (Lipinski definition) is 6. The fourth-order valence-corrected chi connectivity index (χ4v) is 2.09. The lowest BCUT2D eigenvalue weighted by Gasteiger charge is -2.10. The Hall–Kier alpha value is -2.74. The molecule has 2 aromatic carbocycles. The maximum atomic E-state index is 11.7. The van der Waals surface area contributed by atoms with Crippen molar-refractivity contribution in [1.29, 1.82) is 0 Å². The Bertz CT molecular complexity index is 764. The Labute approximate surface area is 146 Å². The number of halogens is 1. The number of carbonyl (C=O) groups excluding carboxylic acids is 1. The molecule has 0 saturated heterocycles. The molecule has 0 aromatic heterocycles. The average Bonchev–Trinajstić information content (AvgIpc) is 2.55. The standard InChI is InChI=1S/C16H15BrN2O5/c1-23-15-6-11(17)3-5-14(15)24-9-16(22)19-18-8-10-2-4-12(20)7-13(10)21/h2-8,20-21H,9H2,1H3,(H,19,22)/b18-8-. The number of rotatable bonds is 6. The van der Waals surface area contributed by atoms with Gasteiger partial charge in [0.25, 0.3) is 5.91 Å². The first-order valence-corrected chi connectivity index (χ1v) is 7.59. The van der Waals surface area contributed by atoms with E-state index in [1.165, 1.54) is 31.5 Å². The molecular formula is C16H15BrN2O5. The van der Waals surface area contributed by atoms with Crippen molar-refractivity contribution in [2.24, 2.45) is 5.10 Å².